The molecule has 0 aromatic rings. The lowest BCUT2D eigenvalue weighted by Crippen LogP contribution is -2.45. The van der Waals surface area contributed by atoms with Crippen LogP contribution in [0.5, 0.6) is 0 Å². The minimum Gasteiger partial charge on any atom is -0.340 e. The molecule has 1 aliphatic heterocycles. The second kappa shape index (κ2) is 7.00. The van der Waals surface area contributed by atoms with Crippen molar-refractivity contribution in [2.75, 3.05) is 13.1 Å². The van der Waals surface area contributed by atoms with Gasteiger partial charge in [-0.05, 0) is 39.7 Å². The normalized spacial score (nSPS) is 25.9. The van der Waals surface area contributed by atoms with E-state index in [1.54, 1.807) is 0 Å². The van der Waals surface area contributed by atoms with Gasteiger partial charge in [0.15, 0.2) is 0 Å². The van der Waals surface area contributed by atoms with Gasteiger partial charge in [-0.1, -0.05) is 20.3 Å². The fourth-order valence-corrected chi connectivity index (χ4v) is 2.51. The Labute approximate surface area is 106 Å². The van der Waals surface area contributed by atoms with Gasteiger partial charge in [-0.25, -0.2) is 0 Å². The van der Waals surface area contributed by atoms with Gasteiger partial charge < -0.3 is 10.2 Å². The van der Waals surface area contributed by atoms with Gasteiger partial charge in [0.2, 0.25) is 5.91 Å². The van der Waals surface area contributed by atoms with Gasteiger partial charge in [0.1, 0.15) is 0 Å². The number of amides is 1. The van der Waals surface area contributed by atoms with E-state index in [-0.39, 0.29) is 5.92 Å². The van der Waals surface area contributed by atoms with Crippen LogP contribution >= 0.6 is 0 Å². The van der Waals surface area contributed by atoms with Crippen LogP contribution < -0.4 is 5.32 Å². The number of carbonyl (C=O) groups is 1. The topological polar surface area (TPSA) is 32.3 Å². The zero-order valence-electron chi connectivity index (χ0n) is 11.8. The molecule has 17 heavy (non-hydrogen) atoms. The first-order valence-corrected chi connectivity index (χ1v) is 7.15. The summed E-state index contributed by atoms with van der Waals surface area (Å²) in [7, 11) is 0. The monoisotopic (exact) mass is 240 g/mol. The predicted molar refractivity (Wildman–Crippen MR) is 71.9 cm³/mol. The Morgan fingerprint density at radius 2 is 2.18 bits per heavy atom. The summed E-state index contributed by atoms with van der Waals surface area (Å²) in [6.07, 6.45) is 4.31. The van der Waals surface area contributed by atoms with Crippen LogP contribution in [0.1, 0.15) is 53.4 Å². The third-order valence-electron chi connectivity index (χ3n) is 4.00. The first-order valence-electron chi connectivity index (χ1n) is 7.15. The molecular formula is C14H28N2O. The van der Waals surface area contributed by atoms with Crippen molar-refractivity contribution in [2.45, 2.75) is 65.5 Å². The Bertz CT molecular complexity index is 242. The van der Waals surface area contributed by atoms with E-state index in [1.807, 2.05) is 0 Å². The third-order valence-corrected chi connectivity index (χ3v) is 4.00. The van der Waals surface area contributed by atoms with Crippen molar-refractivity contribution in [1.29, 1.82) is 0 Å². The second-order valence-corrected chi connectivity index (χ2v) is 5.28. The van der Waals surface area contributed by atoms with Crippen molar-refractivity contribution < 1.29 is 4.79 Å². The summed E-state index contributed by atoms with van der Waals surface area (Å²) in [4.78, 5) is 14.7. The summed E-state index contributed by atoms with van der Waals surface area (Å²) in [6, 6.07) is 0.720. The highest BCUT2D eigenvalue weighted by Crippen LogP contribution is 2.20. The SMILES string of the molecule is CCCCN(C(=O)C1CCNC1C)C(C)CC. The number of nitrogens with zero attached hydrogens (tertiary/aromatic N) is 1. The first-order chi connectivity index (χ1) is 8.11. The largest absolute Gasteiger partial charge is 0.340 e. The first kappa shape index (κ1) is 14.5. The number of unbranched alkanes of at least 4 members (excludes halogenated alkanes) is 1. The molecule has 0 spiro atoms. The van der Waals surface area contributed by atoms with E-state index in [0.717, 1.165) is 38.8 Å². The van der Waals surface area contributed by atoms with Gasteiger partial charge in [0, 0.05) is 18.6 Å². The maximum Gasteiger partial charge on any atom is 0.227 e. The molecule has 0 radical (unpaired) electrons. The van der Waals surface area contributed by atoms with Crippen LogP contribution in [-0.2, 0) is 4.79 Å². The Hall–Kier alpha value is -0.570. The standard InChI is InChI=1S/C14H28N2O/c1-5-7-10-16(11(3)6-2)14(17)13-8-9-15-12(13)4/h11-13,15H,5-10H2,1-4H3. The molecule has 100 valence electrons. The van der Waals surface area contributed by atoms with E-state index in [4.69, 9.17) is 0 Å². The van der Waals surface area contributed by atoms with Gasteiger partial charge in [-0.3, -0.25) is 4.79 Å². The quantitative estimate of drug-likeness (QED) is 0.773. The molecule has 1 amide bonds. The Morgan fingerprint density at radius 1 is 1.47 bits per heavy atom. The van der Waals surface area contributed by atoms with E-state index < -0.39 is 0 Å². The van der Waals surface area contributed by atoms with Crippen molar-refractivity contribution in [2.24, 2.45) is 5.92 Å². The average Bonchev–Trinajstić information content (AvgIpc) is 2.75. The molecule has 0 bridgehead atoms. The van der Waals surface area contributed by atoms with Crippen molar-refractivity contribution in [1.82, 2.24) is 10.2 Å². The highest BCUT2D eigenvalue weighted by Gasteiger charge is 2.33. The van der Waals surface area contributed by atoms with Crippen molar-refractivity contribution >= 4 is 5.91 Å². The molecule has 1 aliphatic rings. The van der Waals surface area contributed by atoms with Gasteiger partial charge in [-0.2, -0.15) is 0 Å². The zero-order chi connectivity index (χ0) is 12.8. The zero-order valence-corrected chi connectivity index (χ0v) is 11.8. The van der Waals surface area contributed by atoms with Crippen LogP contribution in [0.3, 0.4) is 0 Å². The molecule has 3 unspecified atom stereocenters. The van der Waals surface area contributed by atoms with E-state index in [9.17, 15) is 4.79 Å². The molecule has 0 aliphatic carbocycles. The Kier molecular flexibility index (Phi) is 5.96. The van der Waals surface area contributed by atoms with E-state index >= 15 is 0 Å². The molecule has 1 saturated heterocycles. The average molecular weight is 240 g/mol. The fourth-order valence-electron chi connectivity index (χ4n) is 2.51. The number of hydrogen-bond donors (Lipinski definition) is 1. The van der Waals surface area contributed by atoms with E-state index in [1.165, 1.54) is 0 Å². The molecule has 3 atom stereocenters. The van der Waals surface area contributed by atoms with Crippen molar-refractivity contribution in [3.8, 4) is 0 Å². The molecule has 1 N–H and O–H groups in total. The fraction of sp³-hybridized carbons (Fsp3) is 0.929. The minimum absolute atomic E-state index is 0.195. The molecule has 0 aromatic heterocycles. The number of carbonyl (C=O) groups excluding carboxylic acids is 1. The summed E-state index contributed by atoms with van der Waals surface area (Å²) in [5.74, 6) is 0.561. The third kappa shape index (κ3) is 3.70. The second-order valence-electron chi connectivity index (χ2n) is 5.28. The number of rotatable bonds is 6. The Morgan fingerprint density at radius 3 is 2.65 bits per heavy atom. The lowest BCUT2D eigenvalue weighted by Gasteiger charge is -2.32. The van der Waals surface area contributed by atoms with E-state index in [0.29, 0.717) is 18.0 Å². The summed E-state index contributed by atoms with van der Waals surface area (Å²) in [6.45, 7) is 10.5. The lowest BCUT2D eigenvalue weighted by atomic mass is 9.99. The summed E-state index contributed by atoms with van der Waals surface area (Å²) < 4.78 is 0. The molecule has 1 fully saturated rings. The molecule has 0 saturated carbocycles. The number of nitrogens with one attached hydrogen (secondary N) is 1. The van der Waals surface area contributed by atoms with Gasteiger partial charge >= 0.3 is 0 Å². The highest BCUT2D eigenvalue weighted by molar-refractivity contribution is 5.80. The number of hydrogen-bond acceptors (Lipinski definition) is 2. The van der Waals surface area contributed by atoms with Crippen molar-refractivity contribution in [3.05, 3.63) is 0 Å². The van der Waals surface area contributed by atoms with Crippen LogP contribution in [0, 0.1) is 5.92 Å². The summed E-state index contributed by atoms with van der Waals surface area (Å²) >= 11 is 0. The van der Waals surface area contributed by atoms with Crippen LogP contribution in [0.4, 0.5) is 0 Å². The van der Waals surface area contributed by atoms with Crippen LogP contribution in [0.15, 0.2) is 0 Å². The summed E-state index contributed by atoms with van der Waals surface area (Å²) in [5.41, 5.74) is 0. The van der Waals surface area contributed by atoms with Gasteiger partial charge in [0.05, 0.1) is 5.92 Å². The van der Waals surface area contributed by atoms with Crippen molar-refractivity contribution in [3.63, 3.8) is 0 Å². The smallest absolute Gasteiger partial charge is 0.227 e. The van der Waals surface area contributed by atoms with E-state index in [2.05, 4.69) is 37.9 Å². The van der Waals surface area contributed by atoms with Gasteiger partial charge in [-0.15, -0.1) is 0 Å². The predicted octanol–water partition coefficient (Wildman–Crippen LogP) is 2.41. The maximum absolute atomic E-state index is 12.5. The summed E-state index contributed by atoms with van der Waals surface area (Å²) in [5, 5.41) is 3.37. The molecule has 1 heterocycles. The molecule has 1 rings (SSSR count). The van der Waals surface area contributed by atoms with Crippen LogP contribution in [-0.4, -0.2) is 36.0 Å². The van der Waals surface area contributed by atoms with Gasteiger partial charge in [0.25, 0.3) is 0 Å². The maximum atomic E-state index is 12.5. The molecule has 3 heteroatoms. The lowest BCUT2D eigenvalue weighted by molar-refractivity contribution is -0.137. The van der Waals surface area contributed by atoms with Crippen LogP contribution in [0.25, 0.3) is 0 Å². The molecule has 3 nitrogen and oxygen atoms in total. The highest BCUT2D eigenvalue weighted by atomic mass is 16.2. The van der Waals surface area contributed by atoms with Crippen LogP contribution in [0.2, 0.25) is 0 Å². The molecular weight excluding hydrogens is 212 g/mol. The Balaban J connectivity index is 2.64. The molecule has 0 aromatic carbocycles. The minimum atomic E-state index is 0.195.